The monoisotopic (exact) mass is 478 g/mol. The molecule has 0 spiro atoms. The second-order valence-electron chi connectivity index (χ2n) is 8.28. The van der Waals surface area contributed by atoms with Gasteiger partial charge in [-0.2, -0.15) is 0 Å². The van der Waals surface area contributed by atoms with E-state index >= 15 is 0 Å². The Bertz CT molecular complexity index is 1070. The third kappa shape index (κ3) is 6.17. The van der Waals surface area contributed by atoms with Crippen molar-refractivity contribution < 1.29 is 17.9 Å². The van der Waals surface area contributed by atoms with Gasteiger partial charge in [0.05, 0.1) is 30.1 Å². The number of rotatable bonds is 9. The highest BCUT2D eigenvalue weighted by atomic mass is 35.5. The van der Waals surface area contributed by atoms with E-state index in [4.69, 9.17) is 16.3 Å². The number of amides is 1. The van der Waals surface area contributed by atoms with Crippen molar-refractivity contribution in [3.63, 3.8) is 0 Å². The SMILES string of the molecule is COc1ccc(N(CCCC(=O)N[C@H](C)c2ccc3c(c2)CCCC3)S(C)(=O)=O)cc1Cl. The summed E-state index contributed by atoms with van der Waals surface area (Å²) in [5.41, 5.74) is 4.35. The first-order chi connectivity index (χ1) is 15.2. The Morgan fingerprint density at radius 1 is 1.16 bits per heavy atom. The number of sulfonamides is 1. The number of ether oxygens (including phenoxy) is 1. The fourth-order valence-electron chi connectivity index (χ4n) is 4.10. The normalized spacial score (nSPS) is 14.4. The molecule has 0 unspecified atom stereocenters. The molecule has 0 radical (unpaired) electrons. The number of nitrogens with zero attached hydrogens (tertiary/aromatic N) is 1. The van der Waals surface area contributed by atoms with E-state index in [0.717, 1.165) is 24.7 Å². The van der Waals surface area contributed by atoms with Gasteiger partial charge in [0.25, 0.3) is 0 Å². The van der Waals surface area contributed by atoms with Crippen LogP contribution < -0.4 is 14.4 Å². The predicted octanol–water partition coefficient (Wildman–Crippen LogP) is 4.65. The van der Waals surface area contributed by atoms with Crippen molar-refractivity contribution in [3.8, 4) is 5.75 Å². The molecule has 1 aliphatic carbocycles. The summed E-state index contributed by atoms with van der Waals surface area (Å²) in [7, 11) is -2.03. The zero-order valence-corrected chi connectivity index (χ0v) is 20.4. The Labute approximate surface area is 196 Å². The van der Waals surface area contributed by atoms with Gasteiger partial charge in [0.2, 0.25) is 15.9 Å². The summed E-state index contributed by atoms with van der Waals surface area (Å²) in [5, 5.41) is 3.36. The molecule has 174 valence electrons. The van der Waals surface area contributed by atoms with E-state index in [0.29, 0.717) is 22.9 Å². The van der Waals surface area contributed by atoms with E-state index in [2.05, 4.69) is 23.5 Å². The number of aryl methyl sites for hydroxylation is 2. The van der Waals surface area contributed by atoms with Gasteiger partial charge in [-0.15, -0.1) is 0 Å². The molecule has 1 N–H and O–H groups in total. The number of methoxy groups -OCH3 is 1. The molecule has 0 heterocycles. The molecule has 1 aliphatic rings. The number of hydrogen-bond donors (Lipinski definition) is 1. The summed E-state index contributed by atoms with van der Waals surface area (Å²) < 4.78 is 31.0. The van der Waals surface area contributed by atoms with Crippen LogP contribution in [0.4, 0.5) is 5.69 Å². The number of carbonyl (C=O) groups is 1. The Hall–Kier alpha value is -2.25. The molecule has 3 rings (SSSR count). The van der Waals surface area contributed by atoms with Crippen molar-refractivity contribution >= 4 is 33.2 Å². The molecule has 8 heteroatoms. The topological polar surface area (TPSA) is 75.7 Å². The number of anilines is 1. The summed E-state index contributed by atoms with van der Waals surface area (Å²) >= 11 is 6.16. The van der Waals surface area contributed by atoms with Gasteiger partial charge in [0.15, 0.2) is 0 Å². The minimum Gasteiger partial charge on any atom is -0.495 e. The lowest BCUT2D eigenvalue weighted by Crippen LogP contribution is -2.32. The van der Waals surface area contributed by atoms with E-state index in [1.165, 1.54) is 35.4 Å². The molecule has 6 nitrogen and oxygen atoms in total. The molecule has 0 saturated carbocycles. The molecule has 0 aromatic heterocycles. The fourth-order valence-corrected chi connectivity index (χ4v) is 5.31. The second kappa shape index (κ2) is 10.6. The largest absolute Gasteiger partial charge is 0.495 e. The zero-order chi connectivity index (χ0) is 23.3. The fraction of sp³-hybridized carbons (Fsp3) is 0.458. The third-order valence-electron chi connectivity index (χ3n) is 5.84. The highest BCUT2D eigenvalue weighted by Crippen LogP contribution is 2.30. The molecular weight excluding hydrogens is 448 g/mol. The van der Waals surface area contributed by atoms with Crippen molar-refractivity contribution in [2.45, 2.75) is 51.5 Å². The maximum absolute atomic E-state index is 12.5. The summed E-state index contributed by atoms with van der Waals surface area (Å²) in [4.78, 5) is 12.5. The van der Waals surface area contributed by atoms with Crippen LogP contribution in [-0.4, -0.2) is 34.2 Å². The summed E-state index contributed by atoms with van der Waals surface area (Å²) in [5.74, 6) is 0.371. The number of halogens is 1. The Morgan fingerprint density at radius 3 is 2.53 bits per heavy atom. The number of benzene rings is 2. The van der Waals surface area contributed by atoms with Gasteiger partial charge < -0.3 is 10.1 Å². The van der Waals surface area contributed by atoms with Crippen molar-refractivity contribution in [3.05, 3.63) is 58.1 Å². The van der Waals surface area contributed by atoms with Crippen LogP contribution in [0.5, 0.6) is 5.75 Å². The van der Waals surface area contributed by atoms with Gasteiger partial charge in [-0.05, 0) is 73.9 Å². The van der Waals surface area contributed by atoms with Gasteiger partial charge in [-0.1, -0.05) is 29.8 Å². The van der Waals surface area contributed by atoms with Crippen LogP contribution >= 0.6 is 11.6 Å². The van der Waals surface area contributed by atoms with Crippen molar-refractivity contribution in [2.24, 2.45) is 0 Å². The van der Waals surface area contributed by atoms with Crippen molar-refractivity contribution in [1.29, 1.82) is 0 Å². The van der Waals surface area contributed by atoms with E-state index in [9.17, 15) is 13.2 Å². The minimum absolute atomic E-state index is 0.0962. The molecule has 2 aromatic rings. The highest BCUT2D eigenvalue weighted by molar-refractivity contribution is 7.92. The summed E-state index contributed by atoms with van der Waals surface area (Å²) in [6, 6.07) is 11.2. The minimum atomic E-state index is -3.52. The zero-order valence-electron chi connectivity index (χ0n) is 18.9. The summed E-state index contributed by atoms with van der Waals surface area (Å²) in [6.45, 7) is 2.16. The predicted molar refractivity (Wildman–Crippen MR) is 129 cm³/mol. The van der Waals surface area contributed by atoms with E-state index < -0.39 is 10.0 Å². The molecule has 0 bridgehead atoms. The Kier molecular flexibility index (Phi) is 8.06. The van der Waals surface area contributed by atoms with Gasteiger partial charge in [0.1, 0.15) is 5.75 Å². The van der Waals surface area contributed by atoms with Gasteiger partial charge in [-0.3, -0.25) is 9.10 Å². The quantitative estimate of drug-likeness (QED) is 0.569. The number of hydrogen-bond acceptors (Lipinski definition) is 4. The first-order valence-electron chi connectivity index (χ1n) is 10.9. The lowest BCUT2D eigenvalue weighted by atomic mass is 9.89. The molecule has 1 amide bonds. The third-order valence-corrected chi connectivity index (χ3v) is 7.33. The van der Waals surface area contributed by atoms with Crippen LogP contribution in [-0.2, 0) is 27.7 Å². The Morgan fingerprint density at radius 2 is 1.88 bits per heavy atom. The van der Waals surface area contributed by atoms with Crippen LogP contribution in [0.1, 0.15) is 55.3 Å². The van der Waals surface area contributed by atoms with Gasteiger partial charge in [-0.25, -0.2) is 8.42 Å². The molecule has 0 aliphatic heterocycles. The first-order valence-corrected chi connectivity index (χ1v) is 13.1. The van der Waals surface area contributed by atoms with E-state index in [1.54, 1.807) is 18.2 Å². The number of nitrogens with one attached hydrogen (secondary N) is 1. The smallest absolute Gasteiger partial charge is 0.232 e. The van der Waals surface area contributed by atoms with Crippen LogP contribution in [0.3, 0.4) is 0 Å². The summed E-state index contributed by atoms with van der Waals surface area (Å²) in [6.07, 6.45) is 6.44. The lowest BCUT2D eigenvalue weighted by molar-refractivity contribution is -0.121. The molecule has 0 saturated heterocycles. The second-order valence-corrected chi connectivity index (χ2v) is 10.6. The van der Waals surface area contributed by atoms with Crippen LogP contribution in [0, 0.1) is 0 Å². The molecular formula is C24H31ClN2O4S. The number of carbonyl (C=O) groups excluding carboxylic acids is 1. The lowest BCUT2D eigenvalue weighted by Gasteiger charge is -2.23. The van der Waals surface area contributed by atoms with Crippen molar-refractivity contribution in [1.82, 2.24) is 5.32 Å². The van der Waals surface area contributed by atoms with E-state index in [1.807, 2.05) is 6.92 Å². The molecule has 32 heavy (non-hydrogen) atoms. The first kappa shape index (κ1) is 24.4. The maximum Gasteiger partial charge on any atom is 0.232 e. The van der Waals surface area contributed by atoms with Gasteiger partial charge in [0, 0.05) is 13.0 Å². The van der Waals surface area contributed by atoms with Crippen LogP contribution in [0.25, 0.3) is 0 Å². The average molecular weight is 479 g/mol. The van der Waals surface area contributed by atoms with Crippen LogP contribution in [0.2, 0.25) is 5.02 Å². The van der Waals surface area contributed by atoms with Crippen LogP contribution in [0.15, 0.2) is 36.4 Å². The van der Waals surface area contributed by atoms with Crippen molar-refractivity contribution in [2.75, 3.05) is 24.2 Å². The number of fused-ring (bicyclic) bond motifs is 1. The van der Waals surface area contributed by atoms with Gasteiger partial charge >= 0.3 is 0 Å². The Balaban J connectivity index is 1.57. The highest BCUT2D eigenvalue weighted by Gasteiger charge is 2.20. The standard InChI is InChI=1S/C24H31ClN2O4S/c1-17(19-11-10-18-7-4-5-8-20(18)15-19)26-24(28)9-6-14-27(32(3,29)30)21-12-13-23(31-2)22(25)16-21/h10-13,15-17H,4-9,14H2,1-3H3,(H,26,28)/t17-/m1/s1. The molecule has 2 aromatic carbocycles. The maximum atomic E-state index is 12.5. The molecule has 1 atom stereocenters. The average Bonchev–Trinajstić information content (AvgIpc) is 2.75. The molecule has 0 fully saturated rings. The van der Waals surface area contributed by atoms with E-state index in [-0.39, 0.29) is 24.9 Å².